The van der Waals surface area contributed by atoms with Gasteiger partial charge in [0.15, 0.2) is 0 Å². The monoisotopic (exact) mass is 161 g/mol. The first-order valence-corrected chi connectivity index (χ1v) is 4.27. The summed E-state index contributed by atoms with van der Waals surface area (Å²) in [5.41, 5.74) is 4.46. The average Bonchev–Trinajstić information content (AvgIpc) is 2.04. The van der Waals surface area contributed by atoms with E-state index in [4.69, 9.17) is 0 Å². The van der Waals surface area contributed by atoms with Crippen LogP contribution in [0.5, 0.6) is 0 Å². The third-order valence-corrected chi connectivity index (χ3v) is 1.90. The van der Waals surface area contributed by atoms with Gasteiger partial charge in [0.25, 0.3) is 0 Å². The van der Waals surface area contributed by atoms with Crippen LogP contribution in [0.15, 0.2) is 18.7 Å². The summed E-state index contributed by atoms with van der Waals surface area (Å²) >= 11 is 0. The van der Waals surface area contributed by atoms with E-state index in [-0.39, 0.29) is 0 Å². The van der Waals surface area contributed by atoms with Gasteiger partial charge < -0.3 is 0 Å². The van der Waals surface area contributed by atoms with Crippen molar-refractivity contribution >= 4 is 5.57 Å². The summed E-state index contributed by atoms with van der Waals surface area (Å²) in [4.78, 5) is 4.44. The molecule has 0 aliphatic rings. The van der Waals surface area contributed by atoms with Crippen LogP contribution in [0.25, 0.3) is 5.57 Å². The van der Waals surface area contributed by atoms with E-state index in [1.54, 1.807) is 0 Å². The fourth-order valence-corrected chi connectivity index (χ4v) is 1.24. The Kier molecular flexibility index (Phi) is 2.64. The van der Waals surface area contributed by atoms with Gasteiger partial charge in [-0.2, -0.15) is 0 Å². The molecule has 0 radical (unpaired) electrons. The molecule has 1 heteroatoms. The van der Waals surface area contributed by atoms with Crippen molar-refractivity contribution in [3.63, 3.8) is 0 Å². The zero-order valence-electron chi connectivity index (χ0n) is 8.02. The maximum atomic E-state index is 4.44. The lowest BCUT2D eigenvalue weighted by Crippen LogP contribution is -1.95. The molecule has 0 amide bonds. The van der Waals surface area contributed by atoms with Gasteiger partial charge in [-0.1, -0.05) is 19.6 Å². The van der Waals surface area contributed by atoms with Crippen molar-refractivity contribution in [3.8, 4) is 0 Å². The van der Waals surface area contributed by atoms with E-state index in [9.17, 15) is 0 Å². The Morgan fingerprint density at radius 1 is 1.50 bits per heavy atom. The number of aryl methyl sites for hydroxylation is 2. The van der Waals surface area contributed by atoms with E-state index in [0.717, 1.165) is 23.4 Å². The maximum Gasteiger partial charge on any atom is 0.0687 e. The predicted molar refractivity (Wildman–Crippen MR) is 53.1 cm³/mol. The molecule has 0 aliphatic heterocycles. The van der Waals surface area contributed by atoms with Crippen LogP contribution in [0.1, 0.15) is 30.8 Å². The molecular weight excluding hydrogens is 146 g/mol. The second-order valence-electron chi connectivity index (χ2n) is 3.09. The van der Waals surface area contributed by atoms with Crippen LogP contribution in [0, 0.1) is 6.92 Å². The van der Waals surface area contributed by atoms with Crippen LogP contribution in [0.2, 0.25) is 0 Å². The van der Waals surface area contributed by atoms with Crippen molar-refractivity contribution in [1.29, 1.82) is 0 Å². The Bertz CT molecular complexity index is 300. The average molecular weight is 161 g/mol. The van der Waals surface area contributed by atoms with Crippen LogP contribution in [-0.4, -0.2) is 4.98 Å². The first-order chi connectivity index (χ1) is 5.65. The van der Waals surface area contributed by atoms with E-state index in [2.05, 4.69) is 24.6 Å². The Balaban J connectivity index is 3.21. The summed E-state index contributed by atoms with van der Waals surface area (Å²) in [7, 11) is 0. The molecule has 0 aromatic carbocycles. The van der Waals surface area contributed by atoms with Crippen molar-refractivity contribution in [2.75, 3.05) is 0 Å². The molecule has 1 nitrogen and oxygen atoms in total. The molecule has 1 aromatic heterocycles. The van der Waals surface area contributed by atoms with Gasteiger partial charge in [-0.3, -0.25) is 4.98 Å². The molecule has 0 atom stereocenters. The molecule has 0 N–H and O–H groups in total. The zero-order valence-corrected chi connectivity index (χ0v) is 8.02. The SMILES string of the molecule is C=C(C)c1nc(C)ccc1CC. The van der Waals surface area contributed by atoms with Crippen molar-refractivity contribution in [2.45, 2.75) is 27.2 Å². The molecule has 0 saturated carbocycles. The number of hydrogen-bond donors (Lipinski definition) is 0. The van der Waals surface area contributed by atoms with Crippen molar-refractivity contribution in [3.05, 3.63) is 35.7 Å². The fraction of sp³-hybridized carbons (Fsp3) is 0.364. The van der Waals surface area contributed by atoms with Gasteiger partial charge >= 0.3 is 0 Å². The highest BCUT2D eigenvalue weighted by molar-refractivity contribution is 5.61. The molecule has 12 heavy (non-hydrogen) atoms. The third-order valence-electron chi connectivity index (χ3n) is 1.90. The van der Waals surface area contributed by atoms with E-state index in [0.29, 0.717) is 0 Å². The number of hydrogen-bond acceptors (Lipinski definition) is 1. The van der Waals surface area contributed by atoms with Crippen LogP contribution in [-0.2, 0) is 6.42 Å². The van der Waals surface area contributed by atoms with Crippen molar-refractivity contribution in [2.24, 2.45) is 0 Å². The predicted octanol–water partition coefficient (Wildman–Crippen LogP) is 2.99. The number of aromatic nitrogens is 1. The summed E-state index contributed by atoms with van der Waals surface area (Å²) in [6.45, 7) is 10.1. The standard InChI is InChI=1S/C11H15N/c1-5-10-7-6-9(4)12-11(10)8(2)3/h6-7H,2,5H2,1,3-4H3. The quantitative estimate of drug-likeness (QED) is 0.649. The molecule has 0 bridgehead atoms. The molecule has 1 rings (SSSR count). The van der Waals surface area contributed by atoms with E-state index < -0.39 is 0 Å². The lowest BCUT2D eigenvalue weighted by atomic mass is 10.1. The molecule has 0 saturated heterocycles. The van der Waals surface area contributed by atoms with Crippen LogP contribution < -0.4 is 0 Å². The Morgan fingerprint density at radius 2 is 2.17 bits per heavy atom. The smallest absolute Gasteiger partial charge is 0.0687 e. The molecule has 0 aliphatic carbocycles. The minimum atomic E-state index is 1.02. The summed E-state index contributed by atoms with van der Waals surface area (Å²) < 4.78 is 0. The zero-order chi connectivity index (χ0) is 9.14. The summed E-state index contributed by atoms with van der Waals surface area (Å²) in [5.74, 6) is 0. The molecule has 1 aromatic rings. The minimum Gasteiger partial charge on any atom is -0.253 e. The van der Waals surface area contributed by atoms with Gasteiger partial charge in [-0.25, -0.2) is 0 Å². The second-order valence-corrected chi connectivity index (χ2v) is 3.09. The first-order valence-electron chi connectivity index (χ1n) is 4.27. The van der Waals surface area contributed by atoms with Crippen LogP contribution in [0.3, 0.4) is 0 Å². The largest absolute Gasteiger partial charge is 0.253 e. The molecule has 1 heterocycles. The van der Waals surface area contributed by atoms with Gasteiger partial charge in [0.1, 0.15) is 0 Å². The summed E-state index contributed by atoms with van der Waals surface area (Å²) in [6.07, 6.45) is 1.02. The highest BCUT2D eigenvalue weighted by Gasteiger charge is 2.02. The number of nitrogens with zero attached hydrogens (tertiary/aromatic N) is 1. The van der Waals surface area contributed by atoms with Gasteiger partial charge in [0.2, 0.25) is 0 Å². The van der Waals surface area contributed by atoms with Gasteiger partial charge in [0, 0.05) is 5.69 Å². The molecule has 0 fully saturated rings. The van der Waals surface area contributed by atoms with E-state index in [1.807, 2.05) is 19.9 Å². The lowest BCUT2D eigenvalue weighted by Gasteiger charge is -2.06. The molecule has 0 spiro atoms. The highest BCUT2D eigenvalue weighted by atomic mass is 14.7. The number of allylic oxidation sites excluding steroid dienone is 1. The fourth-order valence-electron chi connectivity index (χ4n) is 1.24. The van der Waals surface area contributed by atoms with E-state index in [1.165, 1.54) is 5.56 Å². The summed E-state index contributed by atoms with van der Waals surface area (Å²) in [6, 6.07) is 4.18. The van der Waals surface area contributed by atoms with Gasteiger partial charge in [-0.05, 0) is 37.5 Å². The van der Waals surface area contributed by atoms with Crippen molar-refractivity contribution in [1.82, 2.24) is 4.98 Å². The normalized spacial score (nSPS) is 9.92. The minimum absolute atomic E-state index is 1.02. The molecule has 64 valence electrons. The summed E-state index contributed by atoms with van der Waals surface area (Å²) in [5, 5.41) is 0. The van der Waals surface area contributed by atoms with Crippen LogP contribution in [0.4, 0.5) is 0 Å². The maximum absolute atomic E-state index is 4.44. The van der Waals surface area contributed by atoms with E-state index >= 15 is 0 Å². The Labute approximate surface area is 74.2 Å². The van der Waals surface area contributed by atoms with Gasteiger partial charge in [-0.15, -0.1) is 0 Å². The first kappa shape index (κ1) is 8.98. The third kappa shape index (κ3) is 1.73. The Morgan fingerprint density at radius 3 is 2.67 bits per heavy atom. The lowest BCUT2D eigenvalue weighted by molar-refractivity contribution is 1.05. The van der Waals surface area contributed by atoms with Crippen molar-refractivity contribution < 1.29 is 0 Å². The highest BCUT2D eigenvalue weighted by Crippen LogP contribution is 2.15. The second kappa shape index (κ2) is 3.53. The topological polar surface area (TPSA) is 12.9 Å². The molecular formula is C11H15N. The Hall–Kier alpha value is -1.11. The number of pyridine rings is 1. The van der Waals surface area contributed by atoms with Crippen LogP contribution >= 0.6 is 0 Å². The number of rotatable bonds is 2. The molecule has 0 unspecified atom stereocenters. The van der Waals surface area contributed by atoms with Gasteiger partial charge in [0.05, 0.1) is 5.69 Å².